The van der Waals surface area contributed by atoms with Gasteiger partial charge in [0, 0.05) is 11.6 Å². The van der Waals surface area contributed by atoms with Crippen molar-refractivity contribution in [3.8, 4) is 0 Å². The van der Waals surface area contributed by atoms with Crippen molar-refractivity contribution in [3.63, 3.8) is 0 Å². The van der Waals surface area contributed by atoms with E-state index in [1.807, 2.05) is 6.92 Å². The summed E-state index contributed by atoms with van der Waals surface area (Å²) >= 11 is 0. The normalized spacial score (nSPS) is 10.4. The molecule has 0 atom stereocenters. The smallest absolute Gasteiger partial charge is 0.188 e. The summed E-state index contributed by atoms with van der Waals surface area (Å²) in [5, 5.41) is 0. The molecule has 0 heterocycles. The van der Waals surface area contributed by atoms with E-state index >= 15 is 0 Å². The molecule has 0 spiro atoms. The van der Waals surface area contributed by atoms with Crippen LogP contribution < -0.4 is 0 Å². The Hall–Kier alpha value is -1.64. The largest absolute Gasteiger partial charge is 0.501 e. The number of hydrogen-bond acceptors (Lipinski definition) is 2. The van der Waals surface area contributed by atoms with E-state index < -0.39 is 0 Å². The van der Waals surface area contributed by atoms with Crippen LogP contribution in [-0.4, -0.2) is 12.4 Å². The molecule has 1 aromatic rings. The first-order valence-corrected chi connectivity index (χ1v) is 4.32. The topological polar surface area (TPSA) is 26.3 Å². The fourth-order valence-electron chi connectivity index (χ4n) is 0.917. The first-order valence-electron chi connectivity index (χ1n) is 4.32. The number of ether oxygens (including phenoxy) is 1. The lowest BCUT2D eigenvalue weighted by Gasteiger charge is -1.95. The molecule has 0 fully saturated rings. The number of ketones is 1. The van der Waals surface area contributed by atoms with Crippen molar-refractivity contribution in [2.75, 3.05) is 6.61 Å². The van der Waals surface area contributed by atoms with E-state index in [-0.39, 0.29) is 11.6 Å². The molecule has 1 aromatic carbocycles. The lowest BCUT2D eigenvalue weighted by molar-refractivity contribution is 0.104. The molecule has 0 saturated carbocycles. The zero-order valence-electron chi connectivity index (χ0n) is 7.87. The molecular formula is C11H11FO2. The highest BCUT2D eigenvalue weighted by Gasteiger charge is 2.00. The quantitative estimate of drug-likeness (QED) is 0.418. The van der Waals surface area contributed by atoms with Crippen LogP contribution in [0.3, 0.4) is 0 Å². The molecule has 0 aromatic heterocycles. The van der Waals surface area contributed by atoms with Gasteiger partial charge in [-0.05, 0) is 31.2 Å². The lowest BCUT2D eigenvalue weighted by Crippen LogP contribution is -1.94. The van der Waals surface area contributed by atoms with Crippen LogP contribution in [0.25, 0.3) is 0 Å². The number of benzene rings is 1. The summed E-state index contributed by atoms with van der Waals surface area (Å²) in [5.74, 6) is -0.547. The minimum Gasteiger partial charge on any atom is -0.501 e. The molecular weight excluding hydrogens is 183 g/mol. The molecule has 0 radical (unpaired) electrons. The van der Waals surface area contributed by atoms with Gasteiger partial charge in [0.05, 0.1) is 12.9 Å². The number of carbonyl (C=O) groups excluding carboxylic acids is 1. The Bertz CT molecular complexity index is 328. The van der Waals surface area contributed by atoms with Crippen LogP contribution in [0.2, 0.25) is 0 Å². The first-order chi connectivity index (χ1) is 6.74. The van der Waals surface area contributed by atoms with E-state index in [1.165, 1.54) is 36.6 Å². The van der Waals surface area contributed by atoms with Crippen molar-refractivity contribution in [2.45, 2.75) is 6.92 Å². The number of carbonyl (C=O) groups is 1. The molecule has 2 nitrogen and oxygen atoms in total. The molecule has 3 heteroatoms. The predicted octanol–water partition coefficient (Wildman–Crippen LogP) is 2.56. The van der Waals surface area contributed by atoms with Crippen LogP contribution in [0.15, 0.2) is 36.6 Å². The first kappa shape index (κ1) is 10.4. The van der Waals surface area contributed by atoms with Crippen LogP contribution >= 0.6 is 0 Å². The van der Waals surface area contributed by atoms with E-state index in [2.05, 4.69) is 0 Å². The third-order valence-corrected chi connectivity index (χ3v) is 1.61. The lowest BCUT2D eigenvalue weighted by atomic mass is 10.1. The maximum atomic E-state index is 12.5. The Balaban J connectivity index is 2.65. The Morgan fingerprint density at radius 1 is 1.43 bits per heavy atom. The zero-order chi connectivity index (χ0) is 10.4. The molecule has 0 aliphatic carbocycles. The minimum atomic E-state index is -0.352. The Morgan fingerprint density at radius 2 is 2.07 bits per heavy atom. The summed E-state index contributed by atoms with van der Waals surface area (Å²) in [4.78, 5) is 11.3. The van der Waals surface area contributed by atoms with Gasteiger partial charge in [0.25, 0.3) is 0 Å². The number of halogens is 1. The zero-order valence-corrected chi connectivity index (χ0v) is 7.87. The fourth-order valence-corrected chi connectivity index (χ4v) is 0.917. The second-order valence-electron chi connectivity index (χ2n) is 2.63. The summed E-state index contributed by atoms with van der Waals surface area (Å²) in [6, 6.07) is 5.38. The molecule has 0 aliphatic rings. The van der Waals surface area contributed by atoms with Gasteiger partial charge in [0.1, 0.15) is 5.82 Å². The van der Waals surface area contributed by atoms with Gasteiger partial charge in [-0.2, -0.15) is 0 Å². The molecule has 0 N–H and O–H groups in total. The van der Waals surface area contributed by atoms with Gasteiger partial charge in [-0.25, -0.2) is 4.39 Å². The van der Waals surface area contributed by atoms with Crippen LogP contribution in [0.4, 0.5) is 4.39 Å². The Labute approximate surface area is 82.0 Å². The maximum absolute atomic E-state index is 12.5. The summed E-state index contributed by atoms with van der Waals surface area (Å²) in [6.45, 7) is 2.35. The van der Waals surface area contributed by atoms with Crippen molar-refractivity contribution in [3.05, 3.63) is 48.0 Å². The second-order valence-corrected chi connectivity index (χ2v) is 2.63. The number of allylic oxidation sites excluding steroid dienone is 1. The molecule has 1 rings (SSSR count). The molecule has 0 bridgehead atoms. The van der Waals surface area contributed by atoms with Crippen molar-refractivity contribution in [1.82, 2.24) is 0 Å². The Kier molecular flexibility index (Phi) is 3.85. The molecule has 74 valence electrons. The number of hydrogen-bond donors (Lipinski definition) is 0. The van der Waals surface area contributed by atoms with Gasteiger partial charge in [-0.3, -0.25) is 4.79 Å². The van der Waals surface area contributed by atoms with Crippen LogP contribution in [0, 0.1) is 5.82 Å². The molecule has 0 saturated heterocycles. The molecule has 0 unspecified atom stereocenters. The minimum absolute atomic E-state index is 0.196. The van der Waals surface area contributed by atoms with Gasteiger partial charge in [-0.15, -0.1) is 0 Å². The summed E-state index contributed by atoms with van der Waals surface area (Å²) < 4.78 is 17.4. The molecule has 14 heavy (non-hydrogen) atoms. The van der Waals surface area contributed by atoms with Crippen molar-refractivity contribution in [2.24, 2.45) is 0 Å². The van der Waals surface area contributed by atoms with E-state index in [9.17, 15) is 9.18 Å². The monoisotopic (exact) mass is 194 g/mol. The van der Waals surface area contributed by atoms with Crippen molar-refractivity contribution < 1.29 is 13.9 Å². The number of rotatable bonds is 4. The fraction of sp³-hybridized carbons (Fsp3) is 0.182. The highest BCUT2D eigenvalue weighted by molar-refractivity contribution is 6.04. The van der Waals surface area contributed by atoms with E-state index in [4.69, 9.17) is 4.74 Å². The van der Waals surface area contributed by atoms with Gasteiger partial charge < -0.3 is 4.74 Å². The SMILES string of the molecule is CCO/C=C/C(=O)c1ccc(F)cc1. The third-order valence-electron chi connectivity index (χ3n) is 1.61. The van der Waals surface area contributed by atoms with E-state index in [0.717, 1.165) is 0 Å². The predicted molar refractivity (Wildman–Crippen MR) is 51.5 cm³/mol. The molecule has 0 amide bonds. The van der Waals surface area contributed by atoms with Crippen LogP contribution in [-0.2, 0) is 4.74 Å². The van der Waals surface area contributed by atoms with Gasteiger partial charge in [0.2, 0.25) is 0 Å². The highest BCUT2D eigenvalue weighted by Crippen LogP contribution is 2.04. The van der Waals surface area contributed by atoms with Gasteiger partial charge >= 0.3 is 0 Å². The average molecular weight is 194 g/mol. The average Bonchev–Trinajstić information content (AvgIpc) is 2.19. The summed E-state index contributed by atoms with van der Waals surface area (Å²) in [7, 11) is 0. The highest BCUT2D eigenvalue weighted by atomic mass is 19.1. The standard InChI is InChI=1S/C11H11FO2/c1-2-14-8-7-11(13)9-3-5-10(12)6-4-9/h3-8H,2H2,1H3/b8-7+. The van der Waals surface area contributed by atoms with E-state index in [0.29, 0.717) is 12.2 Å². The van der Waals surface area contributed by atoms with Gasteiger partial charge in [0.15, 0.2) is 5.78 Å². The second kappa shape index (κ2) is 5.17. The van der Waals surface area contributed by atoms with Crippen molar-refractivity contribution in [1.29, 1.82) is 0 Å². The van der Waals surface area contributed by atoms with Crippen LogP contribution in [0.5, 0.6) is 0 Å². The Morgan fingerprint density at radius 3 is 2.64 bits per heavy atom. The summed E-state index contributed by atoms with van der Waals surface area (Å²) in [5.41, 5.74) is 0.447. The maximum Gasteiger partial charge on any atom is 0.188 e. The van der Waals surface area contributed by atoms with Crippen molar-refractivity contribution >= 4 is 5.78 Å². The molecule has 0 aliphatic heterocycles. The third kappa shape index (κ3) is 3.01. The van der Waals surface area contributed by atoms with Gasteiger partial charge in [-0.1, -0.05) is 0 Å². The van der Waals surface area contributed by atoms with Crippen LogP contribution in [0.1, 0.15) is 17.3 Å². The summed E-state index contributed by atoms with van der Waals surface area (Å²) in [6.07, 6.45) is 2.66. The van der Waals surface area contributed by atoms with E-state index in [1.54, 1.807) is 0 Å².